The molecule has 0 unspecified atom stereocenters. The lowest BCUT2D eigenvalue weighted by Crippen LogP contribution is -2.36. The quantitative estimate of drug-likeness (QED) is 0.203. The second-order valence-electron chi connectivity index (χ2n) is 8.37. The summed E-state index contributed by atoms with van der Waals surface area (Å²) in [6.07, 6.45) is 2.74. The molecule has 0 fully saturated rings. The van der Waals surface area contributed by atoms with Crippen LogP contribution in [-0.4, -0.2) is 53.3 Å². The highest BCUT2D eigenvalue weighted by molar-refractivity contribution is 6.21. The molecule has 3 rings (SSSR count). The van der Waals surface area contributed by atoms with Crippen LogP contribution in [0.2, 0.25) is 0 Å². The molecule has 0 spiro atoms. The van der Waals surface area contributed by atoms with E-state index in [4.69, 9.17) is 18.9 Å². The zero-order valence-corrected chi connectivity index (χ0v) is 22.2. The molecule has 0 bridgehead atoms. The highest BCUT2D eigenvalue weighted by Gasteiger charge is 2.19. The van der Waals surface area contributed by atoms with Gasteiger partial charge in [-0.05, 0) is 66.4 Å². The lowest BCUT2D eigenvalue weighted by atomic mass is 10.1. The SMILES string of the molecule is COc1ccc(CCNC(=O)C(=Cc2ccc(OC)cc2OC)C(=O)NCCc2ccc(OC)cc2)cc1. The lowest BCUT2D eigenvalue weighted by molar-refractivity contribution is -0.123. The maximum Gasteiger partial charge on any atom is 0.256 e. The number of hydrogen-bond donors (Lipinski definition) is 2. The number of rotatable bonds is 13. The summed E-state index contributed by atoms with van der Waals surface area (Å²) in [7, 11) is 6.31. The fourth-order valence-electron chi connectivity index (χ4n) is 3.74. The Balaban J connectivity index is 1.72. The van der Waals surface area contributed by atoms with E-state index in [-0.39, 0.29) is 5.57 Å². The van der Waals surface area contributed by atoms with E-state index >= 15 is 0 Å². The van der Waals surface area contributed by atoms with Gasteiger partial charge in [0.25, 0.3) is 11.8 Å². The highest BCUT2D eigenvalue weighted by atomic mass is 16.5. The Labute approximate surface area is 223 Å². The summed E-state index contributed by atoms with van der Waals surface area (Å²) in [6, 6.07) is 20.4. The van der Waals surface area contributed by atoms with Crippen LogP contribution in [0.1, 0.15) is 16.7 Å². The summed E-state index contributed by atoms with van der Waals surface area (Å²) in [5.74, 6) is 1.68. The monoisotopic (exact) mass is 518 g/mol. The molecule has 200 valence electrons. The number of benzene rings is 3. The Morgan fingerprint density at radius 3 is 1.50 bits per heavy atom. The molecule has 0 heterocycles. The zero-order valence-electron chi connectivity index (χ0n) is 22.2. The molecule has 38 heavy (non-hydrogen) atoms. The molecule has 0 aliphatic carbocycles. The molecule has 3 aromatic carbocycles. The summed E-state index contributed by atoms with van der Waals surface area (Å²) in [6.45, 7) is 0.725. The van der Waals surface area contributed by atoms with Crippen molar-refractivity contribution in [2.24, 2.45) is 0 Å². The van der Waals surface area contributed by atoms with E-state index in [2.05, 4.69) is 10.6 Å². The van der Waals surface area contributed by atoms with Crippen molar-refractivity contribution in [1.82, 2.24) is 10.6 Å². The minimum Gasteiger partial charge on any atom is -0.497 e. The van der Waals surface area contributed by atoms with E-state index in [1.54, 1.807) is 39.5 Å². The third kappa shape index (κ3) is 8.03. The third-order valence-electron chi connectivity index (χ3n) is 5.95. The van der Waals surface area contributed by atoms with Crippen molar-refractivity contribution in [3.8, 4) is 23.0 Å². The molecule has 3 aromatic rings. The second kappa shape index (κ2) is 14.3. The Kier molecular flexibility index (Phi) is 10.6. The van der Waals surface area contributed by atoms with Crippen molar-refractivity contribution in [3.05, 3.63) is 89.0 Å². The first-order chi connectivity index (χ1) is 18.5. The van der Waals surface area contributed by atoms with Crippen molar-refractivity contribution < 1.29 is 28.5 Å². The summed E-state index contributed by atoms with van der Waals surface area (Å²) >= 11 is 0. The van der Waals surface area contributed by atoms with Crippen molar-refractivity contribution >= 4 is 17.9 Å². The average molecular weight is 519 g/mol. The number of amides is 2. The zero-order chi connectivity index (χ0) is 27.3. The molecule has 0 saturated carbocycles. The largest absolute Gasteiger partial charge is 0.497 e. The van der Waals surface area contributed by atoms with E-state index in [1.807, 2.05) is 48.5 Å². The van der Waals surface area contributed by atoms with Gasteiger partial charge in [-0.25, -0.2) is 0 Å². The molecule has 8 heteroatoms. The topological polar surface area (TPSA) is 95.1 Å². The molecule has 0 aromatic heterocycles. The van der Waals surface area contributed by atoms with Crippen molar-refractivity contribution in [1.29, 1.82) is 0 Å². The average Bonchev–Trinajstić information content (AvgIpc) is 2.96. The van der Waals surface area contributed by atoms with Crippen LogP contribution < -0.4 is 29.6 Å². The van der Waals surface area contributed by atoms with Gasteiger partial charge in [0.2, 0.25) is 0 Å². The first-order valence-corrected chi connectivity index (χ1v) is 12.2. The number of hydrogen-bond acceptors (Lipinski definition) is 6. The smallest absolute Gasteiger partial charge is 0.256 e. The number of ether oxygens (including phenoxy) is 4. The number of carbonyl (C=O) groups excluding carboxylic acids is 2. The Hall–Kier alpha value is -4.46. The number of methoxy groups -OCH3 is 4. The van der Waals surface area contributed by atoms with Crippen molar-refractivity contribution in [3.63, 3.8) is 0 Å². The molecule has 0 radical (unpaired) electrons. The van der Waals surface area contributed by atoms with Crippen LogP contribution in [0.3, 0.4) is 0 Å². The van der Waals surface area contributed by atoms with Gasteiger partial charge in [0.15, 0.2) is 0 Å². The van der Waals surface area contributed by atoms with E-state index in [1.165, 1.54) is 13.2 Å². The molecule has 8 nitrogen and oxygen atoms in total. The molecule has 0 saturated heterocycles. The van der Waals surface area contributed by atoms with Crippen molar-refractivity contribution in [2.45, 2.75) is 12.8 Å². The molecule has 0 aliphatic heterocycles. The Bertz CT molecular complexity index is 1170. The number of nitrogens with one attached hydrogen (secondary N) is 2. The minimum absolute atomic E-state index is 0.0158. The summed E-state index contributed by atoms with van der Waals surface area (Å²) in [4.78, 5) is 26.3. The first kappa shape index (κ1) is 28.1. The van der Waals surface area contributed by atoms with Gasteiger partial charge in [-0.15, -0.1) is 0 Å². The van der Waals surface area contributed by atoms with E-state index in [0.717, 1.165) is 22.6 Å². The van der Waals surface area contributed by atoms with Gasteiger partial charge in [0.1, 0.15) is 28.6 Å². The number of carbonyl (C=O) groups is 2. The van der Waals surface area contributed by atoms with E-state index in [9.17, 15) is 9.59 Å². The van der Waals surface area contributed by atoms with Crippen LogP contribution in [0.15, 0.2) is 72.3 Å². The van der Waals surface area contributed by atoms with Gasteiger partial charge in [0, 0.05) is 24.7 Å². The van der Waals surface area contributed by atoms with Crippen LogP contribution in [0.4, 0.5) is 0 Å². The highest BCUT2D eigenvalue weighted by Crippen LogP contribution is 2.26. The van der Waals surface area contributed by atoms with E-state index in [0.29, 0.717) is 43.0 Å². The maximum absolute atomic E-state index is 13.2. The molecular weight excluding hydrogens is 484 g/mol. The fraction of sp³-hybridized carbons (Fsp3) is 0.267. The lowest BCUT2D eigenvalue weighted by Gasteiger charge is -2.12. The standard InChI is InChI=1S/C30H34N2O6/c1-35-24-10-5-21(6-11-24)15-17-31-29(33)27(19-23-9-14-26(37-3)20-28(23)38-4)30(34)32-18-16-22-7-12-25(36-2)13-8-22/h5-14,19-20H,15-18H2,1-4H3,(H,31,33)(H,32,34). The maximum atomic E-state index is 13.2. The van der Waals surface area contributed by atoms with Crippen molar-refractivity contribution in [2.75, 3.05) is 41.5 Å². The second-order valence-corrected chi connectivity index (χ2v) is 8.37. The predicted molar refractivity (Wildman–Crippen MR) is 147 cm³/mol. The summed E-state index contributed by atoms with van der Waals surface area (Å²) in [5, 5.41) is 5.73. The van der Waals surface area contributed by atoms with Gasteiger partial charge in [-0.3, -0.25) is 9.59 Å². The van der Waals surface area contributed by atoms with Gasteiger partial charge in [-0.1, -0.05) is 24.3 Å². The van der Waals surface area contributed by atoms with Gasteiger partial charge < -0.3 is 29.6 Å². The summed E-state index contributed by atoms with van der Waals surface area (Å²) < 4.78 is 21.1. The minimum atomic E-state index is -0.474. The van der Waals surface area contributed by atoms with Crippen LogP contribution in [-0.2, 0) is 22.4 Å². The predicted octanol–water partition coefficient (Wildman–Crippen LogP) is 3.82. The van der Waals surface area contributed by atoms with Crippen LogP contribution in [0, 0.1) is 0 Å². The molecular formula is C30H34N2O6. The van der Waals surface area contributed by atoms with Gasteiger partial charge in [0.05, 0.1) is 28.4 Å². The van der Waals surface area contributed by atoms with Gasteiger partial charge >= 0.3 is 0 Å². The molecule has 0 atom stereocenters. The fourth-order valence-corrected chi connectivity index (χ4v) is 3.74. The normalized spacial score (nSPS) is 10.2. The first-order valence-electron chi connectivity index (χ1n) is 12.2. The Morgan fingerprint density at radius 2 is 1.08 bits per heavy atom. The molecule has 0 aliphatic rings. The van der Waals surface area contributed by atoms with E-state index < -0.39 is 11.8 Å². The molecule has 2 N–H and O–H groups in total. The van der Waals surface area contributed by atoms with Gasteiger partial charge in [-0.2, -0.15) is 0 Å². The van der Waals surface area contributed by atoms with Crippen LogP contribution in [0.25, 0.3) is 6.08 Å². The molecule has 2 amide bonds. The van der Waals surface area contributed by atoms with Crippen LogP contribution >= 0.6 is 0 Å². The summed E-state index contributed by atoms with van der Waals surface area (Å²) in [5.41, 5.74) is 2.65. The third-order valence-corrected chi connectivity index (χ3v) is 5.95. The Morgan fingerprint density at radius 1 is 0.632 bits per heavy atom. The van der Waals surface area contributed by atoms with Crippen LogP contribution in [0.5, 0.6) is 23.0 Å².